The van der Waals surface area contributed by atoms with Crippen molar-refractivity contribution >= 4 is 0 Å². The van der Waals surface area contributed by atoms with Crippen LogP contribution in [-0.4, -0.2) is 46.2 Å². The van der Waals surface area contributed by atoms with Gasteiger partial charge in [-0.05, 0) is 78.5 Å². The van der Waals surface area contributed by atoms with Crippen LogP contribution in [0.1, 0.15) is 35.1 Å². The van der Waals surface area contributed by atoms with Gasteiger partial charge in [-0.1, -0.05) is 121 Å². The molecular formula is C38H45NO3. The Labute approximate surface area is 251 Å². The molecule has 1 saturated carbocycles. The van der Waals surface area contributed by atoms with Crippen molar-refractivity contribution in [1.29, 1.82) is 0 Å². The zero-order chi connectivity index (χ0) is 29.2. The van der Waals surface area contributed by atoms with E-state index >= 15 is 0 Å². The molecule has 0 bridgehead atoms. The summed E-state index contributed by atoms with van der Waals surface area (Å²) in [7, 11) is 0. The third-order valence-electron chi connectivity index (χ3n) is 9.35. The molecule has 4 aromatic rings. The van der Waals surface area contributed by atoms with Crippen LogP contribution in [0, 0.1) is 17.8 Å². The van der Waals surface area contributed by atoms with E-state index in [1.807, 2.05) is 6.07 Å². The standard InChI is InChI=1S/C38H45NO3/c40-27-33(28-41)39-37-26-38(42,22-21-29-13-5-1-6-14-29)36(25-32-19-11-4-12-20-32)34(23-30-15-7-2-8-16-30)35(37)24-31-17-9-3-10-18-31/h1-20,33-37,39-42H,21-28H2/t34-,35+,36+,37+,38+/m1/s1. The number of aryl methyl sites for hydroxylation is 1. The van der Waals surface area contributed by atoms with E-state index in [0.717, 1.165) is 25.7 Å². The van der Waals surface area contributed by atoms with Crippen LogP contribution in [0.2, 0.25) is 0 Å². The maximum absolute atomic E-state index is 12.8. The van der Waals surface area contributed by atoms with Crippen LogP contribution < -0.4 is 5.32 Å². The molecule has 220 valence electrons. The van der Waals surface area contributed by atoms with E-state index in [2.05, 4.69) is 121 Å². The Morgan fingerprint density at radius 1 is 0.595 bits per heavy atom. The van der Waals surface area contributed by atoms with E-state index in [4.69, 9.17) is 0 Å². The molecule has 4 heteroatoms. The number of hydrogen-bond donors (Lipinski definition) is 4. The van der Waals surface area contributed by atoms with E-state index in [-0.39, 0.29) is 37.0 Å². The third-order valence-corrected chi connectivity index (χ3v) is 9.35. The van der Waals surface area contributed by atoms with E-state index in [1.54, 1.807) is 0 Å². The van der Waals surface area contributed by atoms with Gasteiger partial charge in [0.15, 0.2) is 0 Å². The van der Waals surface area contributed by atoms with Crippen LogP contribution in [0.25, 0.3) is 0 Å². The zero-order valence-electron chi connectivity index (χ0n) is 24.4. The number of benzene rings is 4. The Balaban J connectivity index is 1.58. The highest BCUT2D eigenvalue weighted by atomic mass is 16.3. The summed E-state index contributed by atoms with van der Waals surface area (Å²) in [6, 6.07) is 41.8. The lowest BCUT2D eigenvalue weighted by Crippen LogP contribution is -2.61. The molecule has 5 rings (SSSR count). The second kappa shape index (κ2) is 14.8. The quantitative estimate of drug-likeness (QED) is 0.170. The second-order valence-electron chi connectivity index (χ2n) is 12.1. The first-order valence-corrected chi connectivity index (χ1v) is 15.4. The van der Waals surface area contributed by atoms with E-state index in [1.165, 1.54) is 22.3 Å². The van der Waals surface area contributed by atoms with Crippen molar-refractivity contribution < 1.29 is 15.3 Å². The van der Waals surface area contributed by atoms with Gasteiger partial charge < -0.3 is 20.6 Å². The molecule has 0 amide bonds. The first kappa shape index (κ1) is 30.2. The van der Waals surface area contributed by atoms with Gasteiger partial charge in [-0.25, -0.2) is 0 Å². The van der Waals surface area contributed by atoms with E-state index in [0.29, 0.717) is 12.8 Å². The Morgan fingerprint density at radius 2 is 1.02 bits per heavy atom. The molecule has 0 heterocycles. The van der Waals surface area contributed by atoms with E-state index < -0.39 is 11.6 Å². The van der Waals surface area contributed by atoms with Gasteiger partial charge in [-0.15, -0.1) is 0 Å². The van der Waals surface area contributed by atoms with Gasteiger partial charge in [0.05, 0.1) is 24.9 Å². The van der Waals surface area contributed by atoms with Crippen LogP contribution >= 0.6 is 0 Å². The fourth-order valence-corrected chi connectivity index (χ4v) is 7.19. The predicted molar refractivity (Wildman–Crippen MR) is 170 cm³/mol. The van der Waals surface area contributed by atoms with Crippen LogP contribution in [0.5, 0.6) is 0 Å². The van der Waals surface area contributed by atoms with Crippen LogP contribution in [0.15, 0.2) is 121 Å². The van der Waals surface area contributed by atoms with Gasteiger partial charge in [0, 0.05) is 6.04 Å². The summed E-state index contributed by atoms with van der Waals surface area (Å²) in [5, 5.41) is 36.6. The lowest BCUT2D eigenvalue weighted by molar-refractivity contribution is -0.113. The minimum atomic E-state index is -0.939. The summed E-state index contributed by atoms with van der Waals surface area (Å²) < 4.78 is 0. The molecule has 0 aliphatic heterocycles. The fraction of sp³-hybridized carbons (Fsp3) is 0.368. The monoisotopic (exact) mass is 563 g/mol. The van der Waals surface area contributed by atoms with Crippen LogP contribution in [0.4, 0.5) is 0 Å². The molecule has 1 fully saturated rings. The molecule has 0 saturated heterocycles. The average Bonchev–Trinajstić information content (AvgIpc) is 3.04. The second-order valence-corrected chi connectivity index (χ2v) is 12.1. The van der Waals surface area contributed by atoms with Gasteiger partial charge in [0.2, 0.25) is 0 Å². The molecule has 4 aromatic carbocycles. The minimum Gasteiger partial charge on any atom is -0.395 e. The highest BCUT2D eigenvalue weighted by molar-refractivity contribution is 5.24. The average molecular weight is 564 g/mol. The number of nitrogens with one attached hydrogen (secondary N) is 1. The molecule has 5 atom stereocenters. The summed E-state index contributed by atoms with van der Waals surface area (Å²) in [6.45, 7) is -0.297. The molecule has 1 aliphatic rings. The summed E-state index contributed by atoms with van der Waals surface area (Å²) in [5.41, 5.74) is 4.07. The molecule has 1 aliphatic carbocycles. The molecule has 0 radical (unpaired) electrons. The molecule has 42 heavy (non-hydrogen) atoms. The van der Waals surface area contributed by atoms with Crippen molar-refractivity contribution in [3.05, 3.63) is 144 Å². The summed E-state index contributed by atoms with van der Waals surface area (Å²) in [6.07, 6.45) is 4.52. The van der Waals surface area contributed by atoms with Crippen molar-refractivity contribution in [1.82, 2.24) is 5.32 Å². The Bertz CT molecular complexity index is 1310. The lowest BCUT2D eigenvalue weighted by Gasteiger charge is -2.53. The predicted octanol–water partition coefficient (Wildman–Crippen LogP) is 5.64. The third kappa shape index (κ3) is 7.76. The summed E-state index contributed by atoms with van der Waals surface area (Å²) >= 11 is 0. The first-order chi connectivity index (χ1) is 20.6. The Morgan fingerprint density at radius 3 is 1.50 bits per heavy atom. The van der Waals surface area contributed by atoms with Crippen LogP contribution in [-0.2, 0) is 25.7 Å². The summed E-state index contributed by atoms with van der Waals surface area (Å²) in [5.74, 6) is 0.383. The highest BCUT2D eigenvalue weighted by Gasteiger charge is 2.51. The fourth-order valence-electron chi connectivity index (χ4n) is 7.19. The van der Waals surface area contributed by atoms with Crippen LogP contribution in [0.3, 0.4) is 0 Å². The molecule has 4 N–H and O–H groups in total. The summed E-state index contributed by atoms with van der Waals surface area (Å²) in [4.78, 5) is 0. The minimum absolute atomic E-state index is 0.0253. The molecule has 4 nitrogen and oxygen atoms in total. The van der Waals surface area contributed by atoms with Gasteiger partial charge in [-0.2, -0.15) is 0 Å². The Kier molecular flexibility index (Phi) is 10.6. The van der Waals surface area contributed by atoms with Crippen molar-refractivity contribution in [2.24, 2.45) is 17.8 Å². The maximum Gasteiger partial charge on any atom is 0.0700 e. The zero-order valence-corrected chi connectivity index (χ0v) is 24.4. The van der Waals surface area contributed by atoms with Crippen molar-refractivity contribution in [2.45, 2.75) is 56.2 Å². The largest absolute Gasteiger partial charge is 0.395 e. The first-order valence-electron chi connectivity index (χ1n) is 15.4. The molecule has 0 spiro atoms. The van der Waals surface area contributed by atoms with Gasteiger partial charge in [0.1, 0.15) is 0 Å². The van der Waals surface area contributed by atoms with Gasteiger partial charge in [-0.3, -0.25) is 0 Å². The number of aliphatic hydroxyl groups excluding tert-OH is 2. The smallest absolute Gasteiger partial charge is 0.0700 e. The normalized spacial score (nSPS) is 24.1. The van der Waals surface area contributed by atoms with Gasteiger partial charge in [0.25, 0.3) is 0 Å². The molecule has 0 aromatic heterocycles. The molecule has 0 unspecified atom stereocenters. The Hall–Kier alpha value is -3.28. The van der Waals surface area contributed by atoms with E-state index in [9.17, 15) is 15.3 Å². The number of aliphatic hydroxyl groups is 3. The van der Waals surface area contributed by atoms with Crippen molar-refractivity contribution in [3.63, 3.8) is 0 Å². The highest BCUT2D eigenvalue weighted by Crippen LogP contribution is 2.48. The van der Waals surface area contributed by atoms with Crippen molar-refractivity contribution in [3.8, 4) is 0 Å². The number of rotatable bonds is 13. The lowest BCUT2D eigenvalue weighted by atomic mass is 9.56. The maximum atomic E-state index is 12.8. The molecular weight excluding hydrogens is 518 g/mol. The SMILES string of the molecule is OCC(CO)N[C@H]1C[C@@](O)(CCc2ccccc2)[C@@H](Cc2ccccc2)[C@H](Cc2ccccc2)[C@@H]1Cc1ccccc1. The number of hydrogen-bond acceptors (Lipinski definition) is 4. The van der Waals surface area contributed by atoms with Crippen molar-refractivity contribution in [2.75, 3.05) is 13.2 Å². The van der Waals surface area contributed by atoms with Gasteiger partial charge >= 0.3 is 0 Å². The topological polar surface area (TPSA) is 72.7 Å².